The van der Waals surface area contributed by atoms with Crippen molar-refractivity contribution in [3.05, 3.63) is 59.9 Å². The molecule has 2 N–H and O–H groups in total. The van der Waals surface area contributed by atoms with Crippen LogP contribution in [0.25, 0.3) is 0 Å². The van der Waals surface area contributed by atoms with Gasteiger partial charge in [-0.1, -0.05) is 18.2 Å². The Bertz CT molecular complexity index is 937. The highest BCUT2D eigenvalue weighted by Crippen LogP contribution is 2.14. The molecule has 0 spiro atoms. The summed E-state index contributed by atoms with van der Waals surface area (Å²) in [6, 6.07) is 12.7. The van der Waals surface area contributed by atoms with Crippen LogP contribution in [-0.4, -0.2) is 52.5 Å². The number of aliphatic imine (C=N–C) groups is 1. The zero-order valence-electron chi connectivity index (χ0n) is 17.4. The maximum Gasteiger partial charge on any atom is 0.242 e. The van der Waals surface area contributed by atoms with Crippen LogP contribution in [0.4, 0.5) is 4.39 Å². The van der Waals surface area contributed by atoms with Crippen molar-refractivity contribution in [3.8, 4) is 5.75 Å². The Balaban J connectivity index is 0.00000450. The second-order valence-electron chi connectivity index (χ2n) is 6.62. The Hall–Kier alpha value is -1.92. The fourth-order valence-electron chi connectivity index (χ4n) is 2.45. The number of hydrogen-bond donors (Lipinski definition) is 2. The summed E-state index contributed by atoms with van der Waals surface area (Å²) >= 11 is 0. The van der Waals surface area contributed by atoms with E-state index in [4.69, 9.17) is 4.74 Å². The van der Waals surface area contributed by atoms with Crippen molar-refractivity contribution in [2.24, 2.45) is 4.99 Å². The molecule has 2 aromatic rings. The molecule has 0 aliphatic rings. The van der Waals surface area contributed by atoms with Crippen LogP contribution >= 0.6 is 24.0 Å². The largest absolute Gasteiger partial charge is 0.489 e. The summed E-state index contributed by atoms with van der Waals surface area (Å²) in [7, 11) is 1.22. The number of rotatable bonds is 8. The lowest BCUT2D eigenvalue weighted by Crippen LogP contribution is -2.41. The Labute approximate surface area is 194 Å². The van der Waals surface area contributed by atoms with Crippen LogP contribution in [0.5, 0.6) is 5.75 Å². The first kappa shape index (κ1) is 26.1. The average Bonchev–Trinajstić information content (AvgIpc) is 2.68. The number of nitrogens with one attached hydrogen (secondary N) is 2. The first-order valence-corrected chi connectivity index (χ1v) is 10.5. The van der Waals surface area contributed by atoms with Gasteiger partial charge in [-0.3, -0.25) is 4.99 Å². The summed E-state index contributed by atoms with van der Waals surface area (Å²) < 4.78 is 44.3. The van der Waals surface area contributed by atoms with Gasteiger partial charge in [-0.05, 0) is 36.8 Å². The number of halogens is 2. The molecule has 10 heteroatoms. The molecule has 0 saturated carbocycles. The van der Waals surface area contributed by atoms with Gasteiger partial charge in [0.1, 0.15) is 17.7 Å². The molecule has 7 nitrogen and oxygen atoms in total. The molecule has 166 valence electrons. The number of hydrogen-bond acceptors (Lipinski definition) is 4. The van der Waals surface area contributed by atoms with Gasteiger partial charge in [0, 0.05) is 33.8 Å². The standard InChI is InChI=1S/C20H27FN4O3S.HI/c1-15(28-18-7-5-6-17(21)12-18)13-23-20(22-2)24-14-16-8-10-19(11-9-16)29(26,27)25(3)4;/h5-12,15H,13-14H2,1-4H3,(H2,22,23,24);1H. The fraction of sp³-hybridized carbons (Fsp3) is 0.350. The van der Waals surface area contributed by atoms with E-state index in [1.807, 2.05) is 6.92 Å². The molecule has 1 unspecified atom stereocenters. The van der Waals surface area contributed by atoms with Crippen LogP contribution in [0.1, 0.15) is 12.5 Å². The molecule has 2 rings (SSSR count). The lowest BCUT2D eigenvalue weighted by Gasteiger charge is -2.18. The summed E-state index contributed by atoms with van der Waals surface area (Å²) in [5, 5.41) is 6.30. The molecule has 0 aliphatic heterocycles. The highest BCUT2D eigenvalue weighted by molar-refractivity contribution is 14.0. The van der Waals surface area contributed by atoms with Gasteiger partial charge in [-0.2, -0.15) is 0 Å². The molecule has 0 fully saturated rings. The van der Waals surface area contributed by atoms with Gasteiger partial charge in [-0.15, -0.1) is 24.0 Å². The second kappa shape index (κ2) is 12.1. The van der Waals surface area contributed by atoms with Gasteiger partial charge < -0.3 is 15.4 Å². The summed E-state index contributed by atoms with van der Waals surface area (Å²) in [5.74, 6) is 0.698. The number of nitrogens with zero attached hydrogens (tertiary/aromatic N) is 2. The van der Waals surface area contributed by atoms with Crippen LogP contribution in [0.3, 0.4) is 0 Å². The van der Waals surface area contributed by atoms with Gasteiger partial charge in [0.2, 0.25) is 10.0 Å². The molecule has 0 amide bonds. The molecule has 0 radical (unpaired) electrons. The molecule has 2 aromatic carbocycles. The maximum absolute atomic E-state index is 13.2. The van der Waals surface area contributed by atoms with Crippen LogP contribution in [-0.2, 0) is 16.6 Å². The number of sulfonamides is 1. The third-order valence-corrected chi connectivity index (χ3v) is 5.91. The van der Waals surface area contributed by atoms with Crippen LogP contribution < -0.4 is 15.4 Å². The third-order valence-electron chi connectivity index (χ3n) is 4.08. The van der Waals surface area contributed by atoms with Gasteiger partial charge in [0.15, 0.2) is 5.96 Å². The topological polar surface area (TPSA) is 83.0 Å². The van der Waals surface area contributed by atoms with Crippen molar-refractivity contribution in [3.63, 3.8) is 0 Å². The Morgan fingerprint density at radius 2 is 1.83 bits per heavy atom. The van der Waals surface area contributed by atoms with Gasteiger partial charge in [-0.25, -0.2) is 17.1 Å². The van der Waals surface area contributed by atoms with E-state index in [0.29, 0.717) is 24.8 Å². The number of benzene rings is 2. The van der Waals surface area contributed by atoms with Crippen molar-refractivity contribution in [2.75, 3.05) is 27.7 Å². The predicted octanol–water partition coefficient (Wildman–Crippen LogP) is 2.83. The van der Waals surface area contributed by atoms with E-state index in [-0.39, 0.29) is 40.8 Å². The molecule has 30 heavy (non-hydrogen) atoms. The molecule has 0 heterocycles. The smallest absolute Gasteiger partial charge is 0.242 e. The molecular formula is C20H28FIN4O3S. The van der Waals surface area contributed by atoms with Crippen molar-refractivity contribution >= 4 is 40.0 Å². The predicted molar refractivity (Wildman–Crippen MR) is 127 cm³/mol. The van der Waals surface area contributed by atoms with E-state index in [1.54, 1.807) is 43.4 Å². The molecule has 0 bridgehead atoms. The minimum Gasteiger partial charge on any atom is -0.489 e. The Morgan fingerprint density at radius 1 is 1.17 bits per heavy atom. The van der Waals surface area contributed by atoms with Crippen molar-refractivity contribution in [2.45, 2.75) is 24.5 Å². The third kappa shape index (κ3) is 7.73. The van der Waals surface area contributed by atoms with Crippen molar-refractivity contribution < 1.29 is 17.5 Å². The molecular weight excluding hydrogens is 522 g/mol. The number of ether oxygens (including phenoxy) is 1. The lowest BCUT2D eigenvalue weighted by molar-refractivity contribution is 0.223. The van der Waals surface area contributed by atoms with E-state index in [9.17, 15) is 12.8 Å². The SMILES string of the molecule is CN=C(NCc1ccc(S(=O)(=O)N(C)C)cc1)NCC(C)Oc1cccc(F)c1.I. The van der Waals surface area contributed by atoms with E-state index in [2.05, 4.69) is 15.6 Å². The van der Waals surface area contributed by atoms with Gasteiger partial charge in [0.05, 0.1) is 11.4 Å². The Kier molecular flexibility index (Phi) is 10.5. The second-order valence-corrected chi connectivity index (χ2v) is 8.78. The summed E-state index contributed by atoms with van der Waals surface area (Å²) in [5.41, 5.74) is 0.912. The van der Waals surface area contributed by atoms with Crippen molar-refractivity contribution in [1.29, 1.82) is 0 Å². The van der Waals surface area contributed by atoms with Gasteiger partial charge in [0.25, 0.3) is 0 Å². The van der Waals surface area contributed by atoms with Crippen molar-refractivity contribution in [1.82, 2.24) is 14.9 Å². The van der Waals surface area contributed by atoms with Crippen LogP contribution in [0, 0.1) is 5.82 Å². The fourth-order valence-corrected chi connectivity index (χ4v) is 3.35. The first-order chi connectivity index (χ1) is 13.7. The normalized spacial score (nSPS) is 12.8. The molecule has 1 atom stereocenters. The van der Waals surface area contributed by atoms with E-state index in [0.717, 1.165) is 5.56 Å². The van der Waals surface area contributed by atoms with Crippen LogP contribution in [0.2, 0.25) is 0 Å². The quantitative estimate of drug-likeness (QED) is 0.300. The monoisotopic (exact) mass is 550 g/mol. The summed E-state index contributed by atoms with van der Waals surface area (Å²) in [4.78, 5) is 4.40. The van der Waals surface area contributed by atoms with Crippen LogP contribution in [0.15, 0.2) is 58.4 Å². The molecule has 0 aromatic heterocycles. The zero-order chi connectivity index (χ0) is 21.4. The minimum atomic E-state index is -3.44. The van der Waals surface area contributed by atoms with Gasteiger partial charge >= 0.3 is 0 Å². The maximum atomic E-state index is 13.2. The highest BCUT2D eigenvalue weighted by atomic mass is 127. The van der Waals surface area contributed by atoms with E-state index < -0.39 is 10.0 Å². The van der Waals surface area contributed by atoms with E-state index in [1.165, 1.54) is 30.5 Å². The average molecular weight is 550 g/mol. The molecule has 0 saturated heterocycles. The minimum absolute atomic E-state index is 0. The zero-order valence-corrected chi connectivity index (χ0v) is 20.6. The number of guanidine groups is 1. The Morgan fingerprint density at radius 3 is 2.40 bits per heavy atom. The lowest BCUT2D eigenvalue weighted by atomic mass is 10.2. The first-order valence-electron chi connectivity index (χ1n) is 9.10. The highest BCUT2D eigenvalue weighted by Gasteiger charge is 2.16. The summed E-state index contributed by atoms with van der Waals surface area (Å²) in [6.45, 7) is 2.81. The van der Waals surface area contributed by atoms with E-state index >= 15 is 0 Å². The summed E-state index contributed by atoms with van der Waals surface area (Å²) in [6.07, 6.45) is -0.203. The molecule has 0 aliphatic carbocycles.